The Bertz CT molecular complexity index is 890. The number of nitrogens with one attached hydrogen (secondary N) is 2. The van der Waals surface area contributed by atoms with Crippen molar-refractivity contribution >= 4 is 55.8 Å². The summed E-state index contributed by atoms with van der Waals surface area (Å²) in [6.07, 6.45) is -0.890. The fraction of sp³-hybridized carbons (Fsp3) is 0.538. The highest BCUT2D eigenvalue weighted by Gasteiger charge is 2.40. The van der Waals surface area contributed by atoms with Crippen LogP contribution in [0.15, 0.2) is 0 Å². The quantitative estimate of drug-likeness (QED) is 0.159. The molecule has 31 heavy (non-hydrogen) atoms. The second kappa shape index (κ2) is 11.4. The van der Waals surface area contributed by atoms with Crippen molar-refractivity contribution in [2.24, 2.45) is 0 Å². The molecule has 0 saturated carbocycles. The SMILES string of the molecule is O=C(O)CCCC(=O)O.O=C1CC(S(=O)(=O)O)C(=O)N1.O=C1CC(S(=O)(=O)O)C(=O)N1. The molecule has 0 spiro atoms. The van der Waals surface area contributed by atoms with Crippen LogP contribution in [0.1, 0.15) is 32.1 Å². The van der Waals surface area contributed by atoms with Crippen molar-refractivity contribution in [1.82, 2.24) is 10.6 Å². The van der Waals surface area contributed by atoms with Crippen LogP contribution in [0.2, 0.25) is 0 Å². The van der Waals surface area contributed by atoms with E-state index in [1.807, 2.05) is 0 Å². The van der Waals surface area contributed by atoms with Gasteiger partial charge in [-0.25, -0.2) is 0 Å². The lowest BCUT2D eigenvalue weighted by atomic mass is 10.2. The minimum Gasteiger partial charge on any atom is -0.481 e. The van der Waals surface area contributed by atoms with Gasteiger partial charge in [0.05, 0.1) is 12.8 Å². The topological polar surface area (TPSA) is 276 Å². The summed E-state index contributed by atoms with van der Waals surface area (Å²) in [5.74, 6) is -5.18. The van der Waals surface area contributed by atoms with Crippen LogP contribution in [0.4, 0.5) is 0 Å². The van der Waals surface area contributed by atoms with Crippen molar-refractivity contribution in [3.05, 3.63) is 0 Å². The van der Waals surface area contributed by atoms with Crippen molar-refractivity contribution in [2.45, 2.75) is 42.6 Å². The molecule has 16 nitrogen and oxygen atoms in total. The number of hydrogen-bond donors (Lipinski definition) is 6. The molecule has 0 radical (unpaired) electrons. The Kier molecular flexibility index (Phi) is 10.3. The van der Waals surface area contributed by atoms with Gasteiger partial charge in [0, 0.05) is 12.8 Å². The first-order valence-corrected chi connectivity index (χ1v) is 11.0. The molecule has 2 unspecified atom stereocenters. The summed E-state index contributed by atoms with van der Waals surface area (Å²) in [7, 11) is -8.84. The average Bonchev–Trinajstić information content (AvgIpc) is 3.08. The maximum Gasteiger partial charge on any atom is 0.303 e. The van der Waals surface area contributed by atoms with Gasteiger partial charge in [0.1, 0.15) is 0 Å². The molecule has 6 N–H and O–H groups in total. The molecule has 2 saturated heterocycles. The van der Waals surface area contributed by atoms with Gasteiger partial charge in [-0.2, -0.15) is 16.8 Å². The highest BCUT2D eigenvalue weighted by molar-refractivity contribution is 7.87. The normalized spacial score (nSPS) is 20.6. The number of imide groups is 2. The van der Waals surface area contributed by atoms with Crippen LogP contribution in [-0.2, 0) is 49.0 Å². The Labute approximate surface area is 174 Å². The Morgan fingerprint density at radius 1 is 0.742 bits per heavy atom. The molecule has 2 rings (SSSR count). The first-order chi connectivity index (χ1) is 13.9. The smallest absolute Gasteiger partial charge is 0.303 e. The second-order valence-corrected chi connectivity index (χ2v) is 9.08. The molecular weight excluding hydrogens is 472 g/mol. The van der Waals surface area contributed by atoms with Crippen LogP contribution in [0.25, 0.3) is 0 Å². The first-order valence-electron chi connectivity index (χ1n) is 7.98. The van der Waals surface area contributed by atoms with E-state index in [1.54, 1.807) is 10.6 Å². The van der Waals surface area contributed by atoms with E-state index in [1.165, 1.54) is 0 Å². The minimum absolute atomic E-state index is 0.0632. The highest BCUT2D eigenvalue weighted by Crippen LogP contribution is 2.10. The summed E-state index contributed by atoms with van der Waals surface area (Å²) in [5.41, 5.74) is 0. The lowest BCUT2D eigenvalue weighted by Gasteiger charge is -1.98. The third-order valence-corrected chi connectivity index (χ3v) is 5.55. The summed E-state index contributed by atoms with van der Waals surface area (Å²) in [6.45, 7) is 0. The van der Waals surface area contributed by atoms with Crippen molar-refractivity contribution in [3.8, 4) is 0 Å². The van der Waals surface area contributed by atoms with Crippen LogP contribution in [0.5, 0.6) is 0 Å². The van der Waals surface area contributed by atoms with Gasteiger partial charge < -0.3 is 10.2 Å². The zero-order chi connectivity index (χ0) is 24.6. The average molecular weight is 490 g/mol. The molecule has 2 heterocycles. The summed E-state index contributed by atoms with van der Waals surface area (Å²) in [5, 5.41) is 16.3. The van der Waals surface area contributed by atoms with E-state index in [-0.39, 0.29) is 19.3 Å². The van der Waals surface area contributed by atoms with Crippen molar-refractivity contribution in [2.75, 3.05) is 0 Å². The highest BCUT2D eigenvalue weighted by atomic mass is 32.2. The largest absolute Gasteiger partial charge is 0.481 e. The third kappa shape index (κ3) is 11.1. The van der Waals surface area contributed by atoms with E-state index < -0.39 is 79.1 Å². The summed E-state index contributed by atoms with van der Waals surface area (Å²) < 4.78 is 58.1. The predicted octanol–water partition coefficient (Wildman–Crippen LogP) is -3.10. The number of amides is 4. The Morgan fingerprint density at radius 2 is 1.03 bits per heavy atom. The number of aliphatic carboxylic acids is 2. The molecule has 2 fully saturated rings. The Balaban J connectivity index is 0.000000439. The molecule has 0 bridgehead atoms. The molecule has 0 aliphatic carbocycles. The van der Waals surface area contributed by atoms with Crippen LogP contribution >= 0.6 is 0 Å². The number of carboxylic acid groups (broad SMARTS) is 2. The fourth-order valence-electron chi connectivity index (χ4n) is 1.93. The number of carboxylic acids is 2. The van der Waals surface area contributed by atoms with E-state index >= 15 is 0 Å². The number of rotatable bonds is 6. The van der Waals surface area contributed by atoms with Crippen LogP contribution in [-0.4, -0.2) is 82.2 Å². The van der Waals surface area contributed by atoms with E-state index in [9.17, 15) is 45.6 Å². The maximum absolute atomic E-state index is 10.6. The van der Waals surface area contributed by atoms with Crippen molar-refractivity contribution < 1.29 is 64.9 Å². The van der Waals surface area contributed by atoms with Gasteiger partial charge in [-0.3, -0.25) is 48.5 Å². The van der Waals surface area contributed by atoms with Crippen LogP contribution in [0.3, 0.4) is 0 Å². The number of hydrogen-bond acceptors (Lipinski definition) is 10. The lowest BCUT2D eigenvalue weighted by molar-refractivity contribution is -0.139. The first kappa shape index (κ1) is 28.0. The van der Waals surface area contributed by atoms with Gasteiger partial charge >= 0.3 is 11.9 Å². The van der Waals surface area contributed by atoms with Gasteiger partial charge in [0.15, 0.2) is 10.5 Å². The lowest BCUT2D eigenvalue weighted by Crippen LogP contribution is -2.30. The molecule has 2 aliphatic rings. The summed E-state index contributed by atoms with van der Waals surface area (Å²) in [4.78, 5) is 61.5. The summed E-state index contributed by atoms with van der Waals surface area (Å²) in [6, 6.07) is 0. The van der Waals surface area contributed by atoms with E-state index in [2.05, 4.69) is 0 Å². The summed E-state index contributed by atoms with van der Waals surface area (Å²) >= 11 is 0. The standard InChI is InChI=1S/C5H8O4.2C4H5NO5S/c6-4(7)2-1-3-5(8)9;2*6-3-1-2(4(7)5-3)11(8,9)10/h1-3H2,(H,6,7)(H,8,9);2*2H,1H2,(H,5,6,7)(H,8,9,10). The van der Waals surface area contributed by atoms with Crippen LogP contribution in [0, 0.1) is 0 Å². The molecule has 2 aliphatic heterocycles. The molecule has 0 aromatic carbocycles. The molecule has 0 aromatic heterocycles. The number of carbonyl (C=O) groups is 6. The number of carbonyl (C=O) groups excluding carboxylic acids is 4. The molecule has 176 valence electrons. The predicted molar refractivity (Wildman–Crippen MR) is 95.3 cm³/mol. The molecular formula is C13H18N2O14S2. The third-order valence-electron chi connectivity index (χ3n) is 3.35. The van der Waals surface area contributed by atoms with Gasteiger partial charge in [-0.1, -0.05) is 0 Å². The van der Waals surface area contributed by atoms with Gasteiger partial charge in [0.2, 0.25) is 23.6 Å². The second-order valence-electron chi connectivity index (χ2n) is 5.88. The minimum atomic E-state index is -4.42. The van der Waals surface area contributed by atoms with E-state index in [0.717, 1.165) is 0 Å². The Morgan fingerprint density at radius 3 is 1.16 bits per heavy atom. The maximum atomic E-state index is 10.6. The Hall–Kier alpha value is -2.96. The van der Waals surface area contributed by atoms with Gasteiger partial charge in [-0.15, -0.1) is 0 Å². The fourth-order valence-corrected chi connectivity index (χ4v) is 3.31. The van der Waals surface area contributed by atoms with E-state index in [0.29, 0.717) is 0 Å². The van der Waals surface area contributed by atoms with Gasteiger partial charge in [-0.05, 0) is 6.42 Å². The molecule has 2 atom stereocenters. The van der Waals surface area contributed by atoms with Crippen molar-refractivity contribution in [3.63, 3.8) is 0 Å². The zero-order valence-corrected chi connectivity index (χ0v) is 17.0. The molecule has 4 amide bonds. The molecule has 18 heteroatoms. The molecule has 0 aromatic rings. The van der Waals surface area contributed by atoms with Crippen LogP contribution < -0.4 is 10.6 Å². The monoisotopic (exact) mass is 490 g/mol. The zero-order valence-electron chi connectivity index (χ0n) is 15.4. The van der Waals surface area contributed by atoms with E-state index in [4.69, 9.17) is 19.3 Å². The van der Waals surface area contributed by atoms with Crippen molar-refractivity contribution in [1.29, 1.82) is 0 Å². The van der Waals surface area contributed by atoms with Gasteiger partial charge in [0.25, 0.3) is 20.2 Å².